The highest BCUT2D eigenvalue weighted by atomic mass is 15.1. The van der Waals surface area contributed by atoms with E-state index in [1.807, 2.05) is 0 Å². The summed E-state index contributed by atoms with van der Waals surface area (Å²) < 4.78 is 2.42. The number of benzene rings is 7. The Morgan fingerprint density at radius 2 is 0.981 bits per heavy atom. The maximum absolute atomic E-state index is 2.50. The van der Waals surface area contributed by atoms with Gasteiger partial charge in [-0.2, -0.15) is 0 Å². The van der Waals surface area contributed by atoms with Gasteiger partial charge >= 0.3 is 0 Å². The van der Waals surface area contributed by atoms with Crippen molar-refractivity contribution < 1.29 is 0 Å². The molecule has 0 atom stereocenters. The molecule has 1 aromatic heterocycles. The first-order valence-corrected chi connectivity index (χ1v) is 19.0. The van der Waals surface area contributed by atoms with Crippen LogP contribution in [0.5, 0.6) is 0 Å². The number of fused-ring (bicyclic) bond motifs is 4. The van der Waals surface area contributed by atoms with Crippen LogP contribution in [0.3, 0.4) is 0 Å². The molecule has 0 saturated carbocycles. The van der Waals surface area contributed by atoms with Gasteiger partial charge in [0, 0.05) is 33.5 Å². The second-order valence-corrected chi connectivity index (χ2v) is 16.2. The normalized spacial score (nSPS) is 14.7. The van der Waals surface area contributed by atoms with E-state index >= 15 is 0 Å². The minimum Gasteiger partial charge on any atom is -0.310 e. The molecule has 1 heterocycles. The Morgan fingerprint density at radius 1 is 0.453 bits per heavy atom. The Balaban J connectivity index is 1.13. The van der Waals surface area contributed by atoms with Gasteiger partial charge in [0.1, 0.15) is 0 Å². The molecule has 7 aromatic carbocycles. The lowest BCUT2D eigenvalue weighted by atomic mass is 9.62. The van der Waals surface area contributed by atoms with Gasteiger partial charge in [0.2, 0.25) is 0 Å². The van der Waals surface area contributed by atoms with Crippen LogP contribution in [-0.4, -0.2) is 4.57 Å². The van der Waals surface area contributed by atoms with Crippen LogP contribution in [0, 0.1) is 6.92 Å². The van der Waals surface area contributed by atoms with E-state index in [1.54, 1.807) is 0 Å². The fourth-order valence-corrected chi connectivity index (χ4v) is 8.66. The molecule has 0 unspecified atom stereocenters. The molecular formula is C51H46N2. The lowest BCUT2D eigenvalue weighted by Gasteiger charge is -2.42. The maximum atomic E-state index is 2.50. The smallest absolute Gasteiger partial charge is 0.0542 e. The topological polar surface area (TPSA) is 8.17 Å². The SMILES string of the molecule is Cc1cc2c(cc1-c1ccc(-n3c4ccccc4c4cc(N(c5ccccc5)c5ccc(-c6ccccc6)cc5)ccc43)cc1)C(C)(C)CCC2(C)C. The van der Waals surface area contributed by atoms with Crippen molar-refractivity contribution in [2.45, 2.75) is 58.3 Å². The van der Waals surface area contributed by atoms with Gasteiger partial charge in [-0.25, -0.2) is 0 Å². The van der Waals surface area contributed by atoms with Gasteiger partial charge in [0.15, 0.2) is 0 Å². The van der Waals surface area contributed by atoms with Gasteiger partial charge in [-0.05, 0) is 130 Å². The quantitative estimate of drug-likeness (QED) is 0.169. The van der Waals surface area contributed by atoms with Gasteiger partial charge in [-0.15, -0.1) is 0 Å². The molecule has 0 N–H and O–H groups in total. The Labute approximate surface area is 314 Å². The standard InChI is InChI=1S/C51H46N2/c1-35-32-46-47(51(4,5)31-30-50(46,2)3)34-44(35)38-22-26-41(27-23-38)53-48-19-13-12-18-43(48)45-33-42(28-29-49(45)53)52(39-16-10-7-11-17-39)40-24-20-37(21-25-40)36-14-8-6-9-15-36/h6-29,32-34H,30-31H2,1-5H3. The van der Waals surface area contributed by atoms with E-state index in [2.05, 4.69) is 208 Å². The number of aryl methyl sites for hydroxylation is 1. The van der Waals surface area contributed by atoms with Gasteiger partial charge in [0.25, 0.3) is 0 Å². The van der Waals surface area contributed by atoms with Crippen LogP contribution >= 0.6 is 0 Å². The molecule has 0 spiro atoms. The monoisotopic (exact) mass is 686 g/mol. The molecule has 2 nitrogen and oxygen atoms in total. The zero-order valence-electron chi connectivity index (χ0n) is 31.4. The molecule has 0 radical (unpaired) electrons. The van der Waals surface area contributed by atoms with Crippen LogP contribution in [0.4, 0.5) is 17.1 Å². The van der Waals surface area contributed by atoms with Crippen LogP contribution in [0.1, 0.15) is 57.2 Å². The molecule has 53 heavy (non-hydrogen) atoms. The second-order valence-electron chi connectivity index (χ2n) is 16.2. The highest BCUT2D eigenvalue weighted by Gasteiger charge is 2.37. The van der Waals surface area contributed by atoms with Crippen LogP contribution in [0.15, 0.2) is 164 Å². The molecule has 0 amide bonds. The number of aromatic nitrogens is 1. The van der Waals surface area contributed by atoms with Crippen LogP contribution in [0.25, 0.3) is 49.7 Å². The van der Waals surface area contributed by atoms with E-state index in [0.29, 0.717) is 0 Å². The summed E-state index contributed by atoms with van der Waals surface area (Å²) in [5.74, 6) is 0. The third kappa shape index (κ3) is 5.74. The lowest BCUT2D eigenvalue weighted by Crippen LogP contribution is -2.34. The molecule has 1 aliphatic rings. The minimum atomic E-state index is 0.177. The van der Waals surface area contributed by atoms with Crippen molar-refractivity contribution >= 4 is 38.9 Å². The first-order valence-electron chi connectivity index (χ1n) is 19.0. The number of hydrogen-bond donors (Lipinski definition) is 0. The predicted octanol–water partition coefficient (Wildman–Crippen LogP) is 14.2. The van der Waals surface area contributed by atoms with Crippen molar-refractivity contribution in [2.24, 2.45) is 0 Å². The largest absolute Gasteiger partial charge is 0.310 e. The molecule has 8 aromatic rings. The summed E-state index contributed by atoms with van der Waals surface area (Å²) >= 11 is 0. The molecule has 0 aliphatic heterocycles. The number of rotatable bonds is 6. The Hall–Kier alpha value is -5.86. The maximum Gasteiger partial charge on any atom is 0.0542 e. The fraction of sp³-hybridized carbons (Fsp3) is 0.176. The summed E-state index contributed by atoms with van der Waals surface area (Å²) in [6, 6.07) is 60.1. The third-order valence-corrected chi connectivity index (χ3v) is 11.8. The molecular weight excluding hydrogens is 641 g/mol. The number of nitrogens with zero attached hydrogens (tertiary/aromatic N) is 2. The van der Waals surface area contributed by atoms with Crippen molar-refractivity contribution in [3.63, 3.8) is 0 Å². The Kier molecular flexibility index (Phi) is 7.89. The average Bonchev–Trinajstić information content (AvgIpc) is 3.51. The second kappa shape index (κ2) is 12.7. The molecule has 1 aliphatic carbocycles. The van der Waals surface area contributed by atoms with Gasteiger partial charge in [-0.1, -0.05) is 131 Å². The molecule has 9 rings (SSSR count). The predicted molar refractivity (Wildman–Crippen MR) is 226 cm³/mol. The lowest BCUT2D eigenvalue weighted by molar-refractivity contribution is 0.332. The molecule has 260 valence electrons. The third-order valence-electron chi connectivity index (χ3n) is 11.8. The van der Waals surface area contributed by atoms with Gasteiger partial charge in [0.05, 0.1) is 11.0 Å². The van der Waals surface area contributed by atoms with Crippen LogP contribution in [0.2, 0.25) is 0 Å². The van der Waals surface area contributed by atoms with E-state index in [9.17, 15) is 0 Å². The Bertz CT molecular complexity index is 2590. The highest BCUT2D eigenvalue weighted by Crippen LogP contribution is 2.48. The van der Waals surface area contributed by atoms with E-state index < -0.39 is 0 Å². The summed E-state index contributed by atoms with van der Waals surface area (Å²) in [5, 5.41) is 2.48. The van der Waals surface area contributed by atoms with Crippen LogP contribution in [-0.2, 0) is 10.8 Å². The highest BCUT2D eigenvalue weighted by molar-refractivity contribution is 6.10. The zero-order valence-corrected chi connectivity index (χ0v) is 31.4. The van der Waals surface area contributed by atoms with E-state index in [4.69, 9.17) is 0 Å². The minimum absolute atomic E-state index is 0.177. The number of para-hydroxylation sites is 2. The van der Waals surface area contributed by atoms with E-state index in [0.717, 1.165) is 17.1 Å². The van der Waals surface area contributed by atoms with Crippen molar-refractivity contribution in [3.05, 3.63) is 180 Å². The first-order chi connectivity index (χ1) is 25.7. The summed E-state index contributed by atoms with van der Waals surface area (Å²) in [4.78, 5) is 2.36. The summed E-state index contributed by atoms with van der Waals surface area (Å²) in [6.07, 6.45) is 2.44. The van der Waals surface area contributed by atoms with Crippen molar-refractivity contribution in [1.29, 1.82) is 0 Å². The van der Waals surface area contributed by atoms with E-state index in [1.165, 1.54) is 79.3 Å². The average molecular weight is 687 g/mol. The number of hydrogen-bond acceptors (Lipinski definition) is 1. The molecule has 0 bridgehead atoms. The van der Waals surface area contributed by atoms with E-state index in [-0.39, 0.29) is 10.8 Å². The van der Waals surface area contributed by atoms with Crippen molar-refractivity contribution in [1.82, 2.24) is 4.57 Å². The summed E-state index contributed by atoms with van der Waals surface area (Å²) in [6.45, 7) is 11.9. The molecule has 0 fully saturated rings. The van der Waals surface area contributed by atoms with Gasteiger partial charge < -0.3 is 9.47 Å². The molecule has 0 saturated heterocycles. The Morgan fingerprint density at radius 3 is 1.68 bits per heavy atom. The number of anilines is 3. The van der Waals surface area contributed by atoms with Crippen molar-refractivity contribution in [2.75, 3.05) is 4.90 Å². The van der Waals surface area contributed by atoms with Crippen molar-refractivity contribution in [3.8, 4) is 27.9 Å². The van der Waals surface area contributed by atoms with Crippen LogP contribution < -0.4 is 4.90 Å². The van der Waals surface area contributed by atoms with Gasteiger partial charge in [-0.3, -0.25) is 0 Å². The summed E-state index contributed by atoms with van der Waals surface area (Å²) in [5.41, 5.74) is 16.8. The summed E-state index contributed by atoms with van der Waals surface area (Å²) in [7, 11) is 0. The first kappa shape index (κ1) is 33.0. The molecule has 2 heteroatoms. The zero-order chi connectivity index (χ0) is 36.3. The fourth-order valence-electron chi connectivity index (χ4n) is 8.66.